The summed E-state index contributed by atoms with van der Waals surface area (Å²) in [5, 5.41) is 0. The Morgan fingerprint density at radius 3 is 2.72 bits per heavy atom. The SMILES string of the molecule is FF.O=C(CCc1cccc(CF)c1)CC1CCCC(C2=NC=CCC3=C2C=CC3)CC1.[HH].[HH].[HH]. The second-order valence-corrected chi connectivity index (χ2v) is 8.99. The number of allylic oxidation sites excluding steroid dienone is 5. The maximum atomic E-state index is 12.8. The van der Waals surface area contributed by atoms with Crippen molar-refractivity contribution in [3.63, 3.8) is 0 Å². The van der Waals surface area contributed by atoms with Crippen molar-refractivity contribution >= 4 is 11.5 Å². The molecule has 0 bridgehead atoms. The number of rotatable bonds is 7. The third-order valence-electron chi connectivity index (χ3n) is 6.82. The molecule has 2 unspecified atom stereocenters. The van der Waals surface area contributed by atoms with Crippen LogP contribution in [0.3, 0.4) is 0 Å². The first-order chi connectivity index (χ1) is 15.7. The number of nitrogens with zero attached hydrogens (tertiary/aromatic N) is 1. The summed E-state index contributed by atoms with van der Waals surface area (Å²) in [5.74, 6) is 1.36. The van der Waals surface area contributed by atoms with Crippen LogP contribution in [0, 0.1) is 11.8 Å². The van der Waals surface area contributed by atoms with Crippen LogP contribution in [0.4, 0.5) is 13.5 Å². The third-order valence-corrected chi connectivity index (χ3v) is 6.82. The Morgan fingerprint density at radius 2 is 1.88 bits per heavy atom. The number of aryl methyl sites for hydroxylation is 1. The van der Waals surface area contributed by atoms with Crippen LogP contribution >= 0.6 is 0 Å². The maximum Gasteiger partial charge on any atom is 0.133 e. The van der Waals surface area contributed by atoms with Gasteiger partial charge in [-0.05, 0) is 61.1 Å². The predicted octanol–water partition coefficient (Wildman–Crippen LogP) is 8.44. The van der Waals surface area contributed by atoms with Crippen LogP contribution in [0.15, 0.2) is 64.8 Å². The van der Waals surface area contributed by atoms with E-state index in [1.54, 1.807) is 6.07 Å². The molecule has 5 heteroatoms. The molecule has 0 amide bonds. The van der Waals surface area contributed by atoms with E-state index in [0.29, 0.717) is 42.4 Å². The van der Waals surface area contributed by atoms with Crippen LogP contribution in [0.5, 0.6) is 0 Å². The standard InChI is InChI=1S/C27H32FNO.F2.3H2/c28-19-22-7-1-5-20(17-22)13-15-25(30)18-21-6-2-9-24(14-12-21)27-26-11-3-8-23(26)10-4-16-29-27;1-2;;;/h1,3-5,7,11,16-17,21,24H,2,6,8-10,12-15,18-19H2;;3*1H. The molecule has 0 saturated heterocycles. The molecule has 0 aromatic heterocycles. The molecule has 2 nitrogen and oxygen atoms in total. The molecule has 178 valence electrons. The third kappa shape index (κ3) is 6.54. The Labute approximate surface area is 193 Å². The van der Waals surface area contributed by atoms with E-state index in [1.165, 1.54) is 29.7 Å². The number of benzene rings is 1. The minimum Gasteiger partial charge on any atom is -0.300 e. The largest absolute Gasteiger partial charge is 0.300 e. The molecule has 1 heterocycles. The first-order valence-electron chi connectivity index (χ1n) is 11.6. The molecule has 4 rings (SSSR count). The number of hydrogen-bond donors (Lipinski definition) is 0. The van der Waals surface area contributed by atoms with Crippen molar-refractivity contribution in [1.29, 1.82) is 0 Å². The molecule has 0 radical (unpaired) electrons. The van der Waals surface area contributed by atoms with Crippen LogP contribution in [-0.2, 0) is 17.9 Å². The van der Waals surface area contributed by atoms with Gasteiger partial charge >= 0.3 is 0 Å². The fraction of sp³-hybridized carbons (Fsp3) is 0.481. The summed E-state index contributed by atoms with van der Waals surface area (Å²) in [4.78, 5) is 17.4. The predicted molar refractivity (Wildman–Crippen MR) is 130 cm³/mol. The summed E-state index contributed by atoms with van der Waals surface area (Å²) < 4.78 is 28.8. The topological polar surface area (TPSA) is 29.4 Å². The van der Waals surface area contributed by atoms with E-state index in [-0.39, 0.29) is 4.28 Å². The van der Waals surface area contributed by atoms with Crippen LogP contribution < -0.4 is 0 Å². The summed E-state index contributed by atoms with van der Waals surface area (Å²) in [6, 6.07) is 7.55. The van der Waals surface area contributed by atoms with Crippen molar-refractivity contribution in [2.45, 2.75) is 70.9 Å². The summed E-state index contributed by atoms with van der Waals surface area (Å²) in [6.07, 6.45) is 18.5. The minimum atomic E-state index is -0.444. The van der Waals surface area contributed by atoms with E-state index in [1.807, 2.05) is 24.4 Å². The quantitative estimate of drug-likeness (QED) is 0.384. The monoisotopic (exact) mass is 449 g/mol. The van der Waals surface area contributed by atoms with E-state index in [4.69, 9.17) is 14.1 Å². The number of carbonyl (C=O) groups excluding carboxylic acids is 1. The zero-order chi connectivity index (χ0) is 22.8. The second-order valence-electron chi connectivity index (χ2n) is 8.99. The number of halogens is 3. The molecule has 0 spiro atoms. The number of carbonyl (C=O) groups is 1. The lowest BCUT2D eigenvalue weighted by Crippen LogP contribution is -2.16. The lowest BCUT2D eigenvalue weighted by atomic mass is 9.87. The van der Waals surface area contributed by atoms with Crippen LogP contribution in [0.2, 0.25) is 0 Å². The molecule has 2 atom stereocenters. The van der Waals surface area contributed by atoms with Crippen LogP contribution in [0.25, 0.3) is 0 Å². The fourth-order valence-electron chi connectivity index (χ4n) is 5.16. The number of Topliss-reactive ketones (excluding diaryl/α,β-unsaturated/α-hetero) is 1. The Balaban J connectivity index is 0.00000225. The van der Waals surface area contributed by atoms with E-state index in [0.717, 1.165) is 37.7 Å². The van der Waals surface area contributed by atoms with Crippen LogP contribution in [0.1, 0.15) is 73.2 Å². The van der Waals surface area contributed by atoms with Gasteiger partial charge in [0.05, 0.1) is 5.71 Å². The molecule has 1 saturated carbocycles. The Morgan fingerprint density at radius 1 is 1.06 bits per heavy atom. The molecular formula is C27H38F3NO. The highest BCUT2D eigenvalue weighted by Crippen LogP contribution is 2.35. The van der Waals surface area contributed by atoms with Crippen molar-refractivity contribution in [3.05, 3.63) is 71.0 Å². The zero-order valence-corrected chi connectivity index (χ0v) is 18.5. The van der Waals surface area contributed by atoms with E-state index in [2.05, 4.69) is 18.2 Å². The fourth-order valence-corrected chi connectivity index (χ4v) is 5.16. The Bertz CT molecular complexity index is 915. The van der Waals surface area contributed by atoms with Gasteiger partial charge in [-0.2, -0.15) is 0 Å². The molecule has 2 aliphatic carbocycles. The number of hydrogen-bond acceptors (Lipinski definition) is 2. The van der Waals surface area contributed by atoms with Gasteiger partial charge < -0.3 is 0 Å². The van der Waals surface area contributed by atoms with Crippen molar-refractivity contribution in [2.75, 3.05) is 0 Å². The van der Waals surface area contributed by atoms with Gasteiger partial charge in [-0.25, -0.2) is 4.39 Å². The molecule has 1 aliphatic heterocycles. The Hall–Kier alpha value is -2.43. The summed E-state index contributed by atoms with van der Waals surface area (Å²) in [6.45, 7) is -0.444. The van der Waals surface area contributed by atoms with Gasteiger partial charge in [0, 0.05) is 38.4 Å². The summed E-state index contributed by atoms with van der Waals surface area (Å²) >= 11 is 0. The highest BCUT2D eigenvalue weighted by atomic mass is 20.0. The van der Waals surface area contributed by atoms with Gasteiger partial charge in [-0.3, -0.25) is 9.79 Å². The van der Waals surface area contributed by atoms with E-state index < -0.39 is 6.67 Å². The molecular weight excluding hydrogens is 411 g/mol. The van der Waals surface area contributed by atoms with E-state index >= 15 is 0 Å². The van der Waals surface area contributed by atoms with Crippen molar-refractivity contribution < 1.29 is 22.6 Å². The van der Waals surface area contributed by atoms with Crippen LogP contribution in [-0.4, -0.2) is 11.5 Å². The molecule has 32 heavy (non-hydrogen) atoms. The van der Waals surface area contributed by atoms with Crippen molar-refractivity contribution in [2.24, 2.45) is 16.8 Å². The van der Waals surface area contributed by atoms with Gasteiger partial charge in [0.25, 0.3) is 0 Å². The first-order valence-corrected chi connectivity index (χ1v) is 11.6. The van der Waals surface area contributed by atoms with Crippen molar-refractivity contribution in [3.8, 4) is 0 Å². The normalized spacial score (nSPS) is 22.4. The van der Waals surface area contributed by atoms with E-state index in [9.17, 15) is 9.18 Å². The highest BCUT2D eigenvalue weighted by molar-refractivity contribution is 6.06. The first kappa shape index (κ1) is 24.2. The minimum absolute atomic E-state index is 0. The second kappa shape index (κ2) is 12.6. The lowest BCUT2D eigenvalue weighted by molar-refractivity contribution is -0.120. The average Bonchev–Trinajstić information content (AvgIpc) is 3.04. The Kier molecular flexibility index (Phi) is 9.51. The van der Waals surface area contributed by atoms with Gasteiger partial charge in [0.2, 0.25) is 0 Å². The molecule has 1 aromatic carbocycles. The smallest absolute Gasteiger partial charge is 0.133 e. The summed E-state index contributed by atoms with van der Waals surface area (Å²) in [7, 11) is 0. The summed E-state index contributed by atoms with van der Waals surface area (Å²) in [5.41, 5.74) is 5.94. The van der Waals surface area contributed by atoms with Crippen molar-refractivity contribution in [1.82, 2.24) is 0 Å². The lowest BCUT2D eigenvalue weighted by Gasteiger charge is -2.18. The molecule has 1 aromatic rings. The number of aliphatic imine (C=N–C) groups is 1. The van der Waals surface area contributed by atoms with Gasteiger partial charge in [0.15, 0.2) is 0 Å². The van der Waals surface area contributed by atoms with Gasteiger partial charge in [0.1, 0.15) is 12.5 Å². The average molecular weight is 450 g/mol. The highest BCUT2D eigenvalue weighted by Gasteiger charge is 2.27. The molecule has 3 aliphatic rings. The molecule has 0 N–H and O–H groups in total. The number of ketones is 1. The zero-order valence-electron chi connectivity index (χ0n) is 18.5. The van der Waals surface area contributed by atoms with Gasteiger partial charge in [-0.15, -0.1) is 0 Å². The van der Waals surface area contributed by atoms with Gasteiger partial charge in [-0.1, -0.05) is 60.9 Å². The number of alkyl halides is 1. The maximum absolute atomic E-state index is 12.8. The molecule has 1 fully saturated rings.